The normalized spacial score (nSPS) is 17.4. The molecular weight excluding hydrogens is 271 g/mol. The highest BCUT2D eigenvalue weighted by atomic mass is 19.4. The molecule has 1 aromatic heterocycles. The first-order chi connectivity index (χ1) is 9.37. The van der Waals surface area contributed by atoms with Crippen LogP contribution in [-0.2, 0) is 0 Å². The Hall–Kier alpha value is -1.57. The highest BCUT2D eigenvalue weighted by Crippen LogP contribution is 2.20. The first-order valence-corrected chi connectivity index (χ1v) is 6.45. The molecule has 0 unspecified atom stereocenters. The van der Waals surface area contributed by atoms with E-state index in [-0.39, 0.29) is 0 Å². The van der Waals surface area contributed by atoms with Gasteiger partial charge in [-0.15, -0.1) is 0 Å². The van der Waals surface area contributed by atoms with E-state index in [9.17, 15) is 13.2 Å². The van der Waals surface area contributed by atoms with Crippen LogP contribution in [0, 0.1) is 6.92 Å². The van der Waals surface area contributed by atoms with E-state index in [0.717, 1.165) is 11.5 Å². The van der Waals surface area contributed by atoms with Crippen molar-refractivity contribution in [2.45, 2.75) is 13.1 Å². The summed E-state index contributed by atoms with van der Waals surface area (Å²) < 4.78 is 37.0. The van der Waals surface area contributed by atoms with Crippen LogP contribution in [0.4, 0.5) is 24.9 Å². The van der Waals surface area contributed by atoms with Crippen LogP contribution in [0.5, 0.6) is 0 Å². The van der Waals surface area contributed by atoms with E-state index in [2.05, 4.69) is 15.3 Å². The van der Waals surface area contributed by atoms with Crippen molar-refractivity contribution >= 4 is 11.8 Å². The molecule has 0 bridgehead atoms. The van der Waals surface area contributed by atoms with Gasteiger partial charge in [0.15, 0.2) is 0 Å². The van der Waals surface area contributed by atoms with Gasteiger partial charge in [0.25, 0.3) is 0 Å². The number of hydrogen-bond acceptors (Lipinski definition) is 5. The molecule has 8 heteroatoms. The summed E-state index contributed by atoms with van der Waals surface area (Å²) >= 11 is 0. The number of nitrogens with one attached hydrogen (secondary N) is 1. The van der Waals surface area contributed by atoms with Crippen LogP contribution in [0.25, 0.3) is 0 Å². The van der Waals surface area contributed by atoms with Crippen LogP contribution in [0.1, 0.15) is 5.69 Å². The first kappa shape index (κ1) is 14.8. The molecule has 0 saturated carbocycles. The summed E-state index contributed by atoms with van der Waals surface area (Å²) in [5.74, 6) is 1.28. The fraction of sp³-hybridized carbons (Fsp3) is 0.667. The predicted octanol–water partition coefficient (Wildman–Crippen LogP) is 1.51. The fourth-order valence-electron chi connectivity index (χ4n) is 2.21. The zero-order valence-electron chi connectivity index (χ0n) is 11.5. The molecule has 2 rings (SSSR count). The number of alkyl halides is 3. The SMILES string of the molecule is CNc1nc(C)cc(N2CCN(CC(F)(F)F)CC2)n1. The standard InChI is InChI=1S/C12H18F3N5/c1-9-7-10(18-11(16-2)17-9)20-5-3-19(4-6-20)8-12(13,14)15/h7H,3-6,8H2,1-2H3,(H,16,17,18). The second kappa shape index (κ2) is 5.82. The van der Waals surface area contributed by atoms with Crippen LogP contribution in [0.3, 0.4) is 0 Å². The Balaban J connectivity index is 1.98. The molecule has 0 radical (unpaired) electrons. The third kappa shape index (κ3) is 3.96. The van der Waals surface area contributed by atoms with Crippen molar-refractivity contribution in [1.29, 1.82) is 0 Å². The number of hydrogen-bond donors (Lipinski definition) is 1. The van der Waals surface area contributed by atoms with Crippen molar-refractivity contribution in [2.24, 2.45) is 0 Å². The predicted molar refractivity (Wildman–Crippen MR) is 71.0 cm³/mol. The van der Waals surface area contributed by atoms with Crippen molar-refractivity contribution in [3.05, 3.63) is 11.8 Å². The lowest BCUT2D eigenvalue weighted by Gasteiger charge is -2.35. The molecule has 0 amide bonds. The lowest BCUT2D eigenvalue weighted by Crippen LogP contribution is -2.49. The summed E-state index contributed by atoms with van der Waals surface area (Å²) in [6, 6.07) is 1.85. The van der Waals surface area contributed by atoms with E-state index in [0.29, 0.717) is 32.1 Å². The summed E-state index contributed by atoms with van der Waals surface area (Å²) in [5, 5.41) is 2.88. The molecule has 1 aliphatic rings. The summed E-state index contributed by atoms with van der Waals surface area (Å²) in [5.41, 5.74) is 0.831. The third-order valence-electron chi connectivity index (χ3n) is 3.16. The number of halogens is 3. The number of rotatable bonds is 3. The molecule has 2 heterocycles. The quantitative estimate of drug-likeness (QED) is 0.914. The highest BCUT2D eigenvalue weighted by Gasteiger charge is 2.32. The van der Waals surface area contributed by atoms with Gasteiger partial charge in [-0.1, -0.05) is 0 Å². The molecule has 0 spiro atoms. The minimum absolute atomic E-state index is 0.386. The maximum absolute atomic E-state index is 12.3. The average molecular weight is 289 g/mol. The van der Waals surface area contributed by atoms with Gasteiger partial charge in [-0.3, -0.25) is 4.90 Å². The molecule has 0 aromatic carbocycles. The molecule has 5 nitrogen and oxygen atoms in total. The number of piperazine rings is 1. The Morgan fingerprint density at radius 2 is 1.85 bits per heavy atom. The van der Waals surface area contributed by atoms with Gasteiger partial charge in [0.1, 0.15) is 5.82 Å². The highest BCUT2D eigenvalue weighted by molar-refractivity contribution is 5.45. The minimum atomic E-state index is -4.13. The van der Waals surface area contributed by atoms with E-state index in [1.165, 1.54) is 4.90 Å². The van der Waals surface area contributed by atoms with Crippen molar-refractivity contribution in [3.8, 4) is 0 Å². The first-order valence-electron chi connectivity index (χ1n) is 6.45. The summed E-state index contributed by atoms with van der Waals surface area (Å²) in [4.78, 5) is 11.9. The molecule has 0 atom stereocenters. The molecule has 1 aromatic rings. The van der Waals surface area contributed by atoms with Crippen LogP contribution in [0.15, 0.2) is 6.07 Å². The number of nitrogens with zero attached hydrogens (tertiary/aromatic N) is 4. The maximum Gasteiger partial charge on any atom is 0.401 e. The molecule has 20 heavy (non-hydrogen) atoms. The van der Waals surface area contributed by atoms with Gasteiger partial charge in [-0.05, 0) is 6.92 Å². The third-order valence-corrected chi connectivity index (χ3v) is 3.16. The Bertz CT molecular complexity index is 455. The second-order valence-electron chi connectivity index (χ2n) is 4.82. The van der Waals surface area contributed by atoms with Crippen LogP contribution >= 0.6 is 0 Å². The molecular formula is C12H18F3N5. The summed E-state index contributed by atoms with van der Waals surface area (Å²) in [6.07, 6.45) is -4.13. The Labute approximate surface area is 115 Å². The second-order valence-corrected chi connectivity index (χ2v) is 4.82. The molecule has 1 saturated heterocycles. The van der Waals surface area contributed by atoms with Gasteiger partial charge < -0.3 is 10.2 Å². The zero-order valence-corrected chi connectivity index (χ0v) is 11.5. The fourth-order valence-corrected chi connectivity index (χ4v) is 2.21. The van der Waals surface area contributed by atoms with E-state index in [1.807, 2.05) is 17.9 Å². The van der Waals surface area contributed by atoms with E-state index in [1.54, 1.807) is 7.05 Å². The van der Waals surface area contributed by atoms with Crippen LogP contribution in [-0.4, -0.2) is 60.8 Å². The van der Waals surface area contributed by atoms with E-state index >= 15 is 0 Å². The van der Waals surface area contributed by atoms with E-state index in [4.69, 9.17) is 0 Å². The van der Waals surface area contributed by atoms with Crippen molar-refractivity contribution in [3.63, 3.8) is 0 Å². The van der Waals surface area contributed by atoms with Gasteiger partial charge >= 0.3 is 6.18 Å². The summed E-state index contributed by atoms with van der Waals surface area (Å²) in [7, 11) is 1.74. The van der Waals surface area contributed by atoms with Gasteiger partial charge in [-0.2, -0.15) is 18.2 Å². The molecule has 0 aliphatic carbocycles. The topological polar surface area (TPSA) is 44.3 Å². The lowest BCUT2D eigenvalue weighted by atomic mass is 10.3. The molecule has 1 fully saturated rings. The average Bonchev–Trinajstić information content (AvgIpc) is 2.37. The van der Waals surface area contributed by atoms with Gasteiger partial charge in [0.05, 0.1) is 6.54 Å². The Kier molecular flexibility index (Phi) is 4.32. The molecule has 1 N–H and O–H groups in total. The van der Waals surface area contributed by atoms with Gasteiger partial charge in [0.2, 0.25) is 5.95 Å². The smallest absolute Gasteiger partial charge is 0.357 e. The lowest BCUT2D eigenvalue weighted by molar-refractivity contribution is -0.146. The number of anilines is 2. The Morgan fingerprint density at radius 3 is 2.40 bits per heavy atom. The van der Waals surface area contributed by atoms with Crippen molar-refractivity contribution < 1.29 is 13.2 Å². The van der Waals surface area contributed by atoms with Crippen LogP contribution in [0.2, 0.25) is 0 Å². The summed E-state index contributed by atoms with van der Waals surface area (Å²) in [6.45, 7) is 2.87. The zero-order chi connectivity index (χ0) is 14.8. The van der Waals surface area contributed by atoms with Gasteiger partial charge in [-0.25, -0.2) is 4.98 Å². The van der Waals surface area contributed by atoms with E-state index < -0.39 is 12.7 Å². The molecule has 112 valence electrons. The molecule has 1 aliphatic heterocycles. The largest absolute Gasteiger partial charge is 0.401 e. The number of aryl methyl sites for hydroxylation is 1. The Morgan fingerprint density at radius 1 is 1.20 bits per heavy atom. The van der Waals surface area contributed by atoms with Crippen LogP contribution < -0.4 is 10.2 Å². The van der Waals surface area contributed by atoms with Crippen molar-refractivity contribution in [1.82, 2.24) is 14.9 Å². The monoisotopic (exact) mass is 289 g/mol. The number of aromatic nitrogens is 2. The minimum Gasteiger partial charge on any atom is -0.357 e. The van der Waals surface area contributed by atoms with Crippen molar-refractivity contribution in [2.75, 3.05) is 50.0 Å². The maximum atomic E-state index is 12.3. The van der Waals surface area contributed by atoms with Gasteiger partial charge in [0, 0.05) is 45.0 Å².